The summed E-state index contributed by atoms with van der Waals surface area (Å²) >= 11 is 6.79. The van der Waals surface area contributed by atoms with Gasteiger partial charge in [-0.1, -0.05) is 12.8 Å². The standard InChI is InChI=1S/C16H16BrNOS2/c17-14-9-10-20-15(14)16(19)18-11-5-7-13(8-6-11)21-12-3-1-2-4-12/h5-10,12H,1-4H2,(H,18,19). The predicted octanol–water partition coefficient (Wildman–Crippen LogP) is 5.80. The molecule has 1 aromatic heterocycles. The Morgan fingerprint density at radius 2 is 1.90 bits per heavy atom. The van der Waals surface area contributed by atoms with Gasteiger partial charge in [-0.15, -0.1) is 23.1 Å². The van der Waals surface area contributed by atoms with Crippen molar-refractivity contribution in [3.63, 3.8) is 0 Å². The van der Waals surface area contributed by atoms with Crippen LogP contribution in [0.15, 0.2) is 45.1 Å². The highest BCUT2D eigenvalue weighted by Gasteiger charge is 2.16. The Labute approximate surface area is 141 Å². The van der Waals surface area contributed by atoms with E-state index in [1.165, 1.54) is 41.9 Å². The third-order valence-electron chi connectivity index (χ3n) is 3.54. The lowest BCUT2D eigenvalue weighted by atomic mass is 10.3. The van der Waals surface area contributed by atoms with Crippen LogP contribution in [0.5, 0.6) is 0 Å². The summed E-state index contributed by atoms with van der Waals surface area (Å²) in [6.45, 7) is 0. The van der Waals surface area contributed by atoms with Crippen LogP contribution in [0.2, 0.25) is 0 Å². The van der Waals surface area contributed by atoms with E-state index >= 15 is 0 Å². The van der Waals surface area contributed by atoms with E-state index in [1.54, 1.807) is 0 Å². The molecule has 0 aliphatic heterocycles. The van der Waals surface area contributed by atoms with Crippen LogP contribution in [0.4, 0.5) is 5.69 Å². The van der Waals surface area contributed by atoms with Gasteiger partial charge < -0.3 is 5.32 Å². The van der Waals surface area contributed by atoms with Crippen molar-refractivity contribution in [2.75, 3.05) is 5.32 Å². The minimum atomic E-state index is -0.0620. The molecule has 1 aliphatic carbocycles. The number of thiophene rings is 1. The Balaban J connectivity index is 1.61. The SMILES string of the molecule is O=C(Nc1ccc(SC2CCCC2)cc1)c1sccc1Br. The fourth-order valence-corrected chi connectivity index (χ4v) is 5.15. The van der Waals surface area contributed by atoms with Crippen LogP contribution in [0.1, 0.15) is 35.4 Å². The first-order valence-electron chi connectivity index (χ1n) is 7.03. The molecular weight excluding hydrogens is 366 g/mol. The number of halogens is 1. The van der Waals surface area contributed by atoms with Crippen molar-refractivity contribution in [3.05, 3.63) is 45.1 Å². The Kier molecular flexibility index (Phi) is 5.03. The number of carbonyl (C=O) groups is 1. The lowest BCUT2D eigenvalue weighted by molar-refractivity contribution is 0.103. The number of thioether (sulfide) groups is 1. The van der Waals surface area contributed by atoms with Crippen LogP contribution < -0.4 is 5.32 Å². The molecule has 1 heterocycles. The zero-order chi connectivity index (χ0) is 14.7. The fourth-order valence-electron chi connectivity index (χ4n) is 2.46. The normalized spacial score (nSPS) is 15.3. The summed E-state index contributed by atoms with van der Waals surface area (Å²) in [5.41, 5.74) is 0.844. The lowest BCUT2D eigenvalue weighted by Gasteiger charge is -2.09. The molecule has 1 aromatic carbocycles. The molecule has 5 heteroatoms. The Hall–Kier alpha value is -0.780. The second kappa shape index (κ2) is 6.99. The molecule has 0 unspecified atom stereocenters. The molecule has 3 rings (SSSR count). The average molecular weight is 382 g/mol. The van der Waals surface area contributed by atoms with Crippen LogP contribution in [0.3, 0.4) is 0 Å². The van der Waals surface area contributed by atoms with Gasteiger partial charge in [0.15, 0.2) is 0 Å². The molecule has 0 atom stereocenters. The maximum Gasteiger partial charge on any atom is 0.266 e. The highest BCUT2D eigenvalue weighted by molar-refractivity contribution is 9.10. The summed E-state index contributed by atoms with van der Waals surface area (Å²) in [5, 5.41) is 5.61. The van der Waals surface area contributed by atoms with E-state index in [0.717, 1.165) is 15.4 Å². The van der Waals surface area contributed by atoms with Gasteiger partial charge in [0.05, 0.1) is 0 Å². The number of anilines is 1. The van der Waals surface area contributed by atoms with Crippen molar-refractivity contribution < 1.29 is 4.79 Å². The zero-order valence-corrected chi connectivity index (χ0v) is 14.7. The summed E-state index contributed by atoms with van der Waals surface area (Å²) in [6.07, 6.45) is 5.38. The second-order valence-electron chi connectivity index (χ2n) is 5.10. The molecule has 110 valence electrons. The molecule has 0 spiro atoms. The van der Waals surface area contributed by atoms with Crippen molar-refractivity contribution in [3.8, 4) is 0 Å². The molecule has 0 bridgehead atoms. The Bertz CT molecular complexity index is 617. The molecule has 1 N–H and O–H groups in total. The van der Waals surface area contributed by atoms with Crippen molar-refractivity contribution in [1.29, 1.82) is 0 Å². The summed E-state index contributed by atoms with van der Waals surface area (Å²) in [6, 6.07) is 10.1. The molecule has 1 aliphatic rings. The number of amides is 1. The van der Waals surface area contributed by atoms with E-state index in [9.17, 15) is 4.79 Å². The second-order valence-corrected chi connectivity index (χ2v) is 8.24. The maximum atomic E-state index is 12.1. The summed E-state index contributed by atoms with van der Waals surface area (Å²) in [7, 11) is 0. The molecule has 21 heavy (non-hydrogen) atoms. The van der Waals surface area contributed by atoms with Crippen LogP contribution in [0.25, 0.3) is 0 Å². The quantitative estimate of drug-likeness (QED) is 0.724. The van der Waals surface area contributed by atoms with E-state index in [2.05, 4.69) is 33.4 Å². The third-order valence-corrected chi connectivity index (χ3v) is 6.73. The highest BCUT2D eigenvalue weighted by atomic mass is 79.9. The van der Waals surface area contributed by atoms with E-state index < -0.39 is 0 Å². The molecule has 1 saturated carbocycles. The molecule has 0 saturated heterocycles. The number of hydrogen-bond acceptors (Lipinski definition) is 3. The average Bonchev–Trinajstić information content (AvgIpc) is 3.12. The lowest BCUT2D eigenvalue weighted by Crippen LogP contribution is -2.10. The number of benzene rings is 1. The first-order valence-corrected chi connectivity index (χ1v) is 9.58. The topological polar surface area (TPSA) is 29.1 Å². The van der Waals surface area contributed by atoms with Gasteiger partial charge in [0.1, 0.15) is 4.88 Å². The molecule has 0 radical (unpaired) electrons. The van der Waals surface area contributed by atoms with Gasteiger partial charge in [-0.2, -0.15) is 0 Å². The van der Waals surface area contributed by atoms with E-state index in [-0.39, 0.29) is 5.91 Å². The highest BCUT2D eigenvalue weighted by Crippen LogP contribution is 2.35. The smallest absolute Gasteiger partial charge is 0.266 e. The minimum Gasteiger partial charge on any atom is -0.321 e. The summed E-state index contributed by atoms with van der Waals surface area (Å²) in [5.74, 6) is -0.0620. The summed E-state index contributed by atoms with van der Waals surface area (Å²) in [4.78, 5) is 14.1. The number of nitrogens with one attached hydrogen (secondary N) is 1. The molecule has 2 nitrogen and oxygen atoms in total. The molecule has 1 fully saturated rings. The predicted molar refractivity (Wildman–Crippen MR) is 94.5 cm³/mol. The monoisotopic (exact) mass is 381 g/mol. The van der Waals surface area contributed by atoms with E-state index in [4.69, 9.17) is 0 Å². The zero-order valence-electron chi connectivity index (χ0n) is 11.5. The van der Waals surface area contributed by atoms with Gasteiger partial charge >= 0.3 is 0 Å². The number of carbonyl (C=O) groups excluding carboxylic acids is 1. The van der Waals surface area contributed by atoms with Gasteiger partial charge in [-0.3, -0.25) is 4.79 Å². The largest absolute Gasteiger partial charge is 0.321 e. The van der Waals surface area contributed by atoms with Gasteiger partial charge in [0.25, 0.3) is 5.91 Å². The van der Waals surface area contributed by atoms with Gasteiger partial charge in [0.2, 0.25) is 0 Å². The Morgan fingerprint density at radius 1 is 1.19 bits per heavy atom. The maximum absolute atomic E-state index is 12.1. The fraction of sp³-hybridized carbons (Fsp3) is 0.312. The van der Waals surface area contributed by atoms with Gasteiger partial charge in [-0.05, 0) is 64.5 Å². The third kappa shape index (κ3) is 3.90. The van der Waals surface area contributed by atoms with Crippen molar-refractivity contribution in [1.82, 2.24) is 0 Å². The molecular formula is C16H16BrNOS2. The number of hydrogen-bond donors (Lipinski definition) is 1. The van der Waals surface area contributed by atoms with Crippen LogP contribution in [-0.4, -0.2) is 11.2 Å². The van der Waals surface area contributed by atoms with Crippen molar-refractivity contribution >= 4 is 50.6 Å². The van der Waals surface area contributed by atoms with Gasteiger partial charge in [-0.25, -0.2) is 0 Å². The number of rotatable bonds is 4. The first-order chi connectivity index (χ1) is 10.2. The van der Waals surface area contributed by atoms with Crippen molar-refractivity contribution in [2.24, 2.45) is 0 Å². The van der Waals surface area contributed by atoms with Crippen LogP contribution >= 0.6 is 39.0 Å². The van der Waals surface area contributed by atoms with Crippen LogP contribution in [-0.2, 0) is 0 Å². The van der Waals surface area contributed by atoms with Crippen molar-refractivity contribution in [2.45, 2.75) is 35.8 Å². The van der Waals surface area contributed by atoms with Gasteiger partial charge in [0, 0.05) is 20.3 Å². The Morgan fingerprint density at radius 3 is 2.52 bits per heavy atom. The molecule has 2 aromatic rings. The van der Waals surface area contributed by atoms with E-state index in [0.29, 0.717) is 4.88 Å². The van der Waals surface area contributed by atoms with E-state index in [1.807, 2.05) is 35.3 Å². The first kappa shape index (κ1) is 15.1. The summed E-state index contributed by atoms with van der Waals surface area (Å²) < 4.78 is 0.846. The molecule has 1 amide bonds. The van der Waals surface area contributed by atoms with Crippen LogP contribution in [0, 0.1) is 0 Å². The minimum absolute atomic E-state index is 0.0620.